The van der Waals surface area contributed by atoms with Gasteiger partial charge in [-0.25, -0.2) is 4.79 Å². The van der Waals surface area contributed by atoms with Crippen LogP contribution in [0.15, 0.2) is 41.8 Å². The van der Waals surface area contributed by atoms with Crippen molar-refractivity contribution in [2.45, 2.75) is 51.8 Å². The number of benzene rings is 1. The van der Waals surface area contributed by atoms with Crippen molar-refractivity contribution < 1.29 is 19.1 Å². The molecule has 0 bridgehead atoms. The largest absolute Gasteiger partial charge is 0.444 e. The first-order valence-electron chi connectivity index (χ1n) is 11.5. The van der Waals surface area contributed by atoms with Crippen LogP contribution in [0.1, 0.15) is 48.8 Å². The molecule has 3 rings (SSSR count). The number of amides is 3. The highest BCUT2D eigenvalue weighted by Crippen LogP contribution is 2.19. The van der Waals surface area contributed by atoms with Gasteiger partial charge in [-0.3, -0.25) is 14.5 Å². The van der Waals surface area contributed by atoms with Crippen molar-refractivity contribution in [2.24, 2.45) is 0 Å². The van der Waals surface area contributed by atoms with Gasteiger partial charge in [-0.15, -0.1) is 11.3 Å². The lowest BCUT2D eigenvalue weighted by molar-refractivity contribution is -0.117. The first kappa shape index (κ1) is 25.7. The van der Waals surface area contributed by atoms with Crippen LogP contribution in [0.25, 0.3) is 0 Å². The molecule has 2 N–H and O–H groups in total. The van der Waals surface area contributed by atoms with E-state index in [2.05, 4.69) is 10.6 Å². The summed E-state index contributed by atoms with van der Waals surface area (Å²) >= 11 is 1.59. The number of rotatable bonds is 7. The van der Waals surface area contributed by atoms with E-state index in [0.29, 0.717) is 30.9 Å². The summed E-state index contributed by atoms with van der Waals surface area (Å²) in [6, 6.07) is 11.1. The van der Waals surface area contributed by atoms with Crippen LogP contribution >= 0.6 is 11.3 Å². The lowest BCUT2D eigenvalue weighted by Gasteiger charge is -2.37. The van der Waals surface area contributed by atoms with Gasteiger partial charge in [0.05, 0.1) is 13.1 Å². The van der Waals surface area contributed by atoms with Crippen molar-refractivity contribution in [2.75, 3.05) is 32.0 Å². The van der Waals surface area contributed by atoms with E-state index in [1.54, 1.807) is 40.5 Å². The van der Waals surface area contributed by atoms with Gasteiger partial charge in [-0.2, -0.15) is 0 Å². The predicted octanol–water partition coefficient (Wildman–Crippen LogP) is 3.95. The Balaban J connectivity index is 1.45. The summed E-state index contributed by atoms with van der Waals surface area (Å²) in [6.45, 7) is 7.49. The van der Waals surface area contributed by atoms with Crippen molar-refractivity contribution in [3.05, 3.63) is 52.2 Å². The van der Waals surface area contributed by atoms with Crippen LogP contribution in [0.4, 0.5) is 10.5 Å². The van der Waals surface area contributed by atoms with Crippen LogP contribution in [0, 0.1) is 0 Å². The highest BCUT2D eigenvalue weighted by molar-refractivity contribution is 7.09. The molecule has 34 heavy (non-hydrogen) atoms. The minimum Gasteiger partial charge on any atom is -0.444 e. The van der Waals surface area contributed by atoms with E-state index in [9.17, 15) is 14.4 Å². The van der Waals surface area contributed by atoms with E-state index < -0.39 is 5.60 Å². The molecule has 184 valence electrons. The minimum absolute atomic E-state index is 0.145. The molecular weight excluding hydrogens is 452 g/mol. The molecule has 1 fully saturated rings. The molecule has 0 aliphatic carbocycles. The number of hydrogen-bond donors (Lipinski definition) is 2. The van der Waals surface area contributed by atoms with E-state index in [0.717, 1.165) is 17.7 Å². The van der Waals surface area contributed by atoms with Crippen molar-refractivity contribution in [1.82, 2.24) is 15.1 Å². The summed E-state index contributed by atoms with van der Waals surface area (Å²) in [5.41, 5.74) is 0.573. The summed E-state index contributed by atoms with van der Waals surface area (Å²) in [4.78, 5) is 42.1. The average molecular weight is 487 g/mol. The second-order valence-electron chi connectivity index (χ2n) is 9.50. The molecule has 1 aromatic carbocycles. The topological polar surface area (TPSA) is 91.0 Å². The standard InChI is InChI=1S/C25H34N4O4S/c1-25(2,3)33-24(32)29-12-10-20(11-13-29)28(4)17-22(30)27-19-8-5-7-18(15-19)23(31)26-16-21-9-6-14-34-21/h5-9,14-15,20H,10-13,16-17H2,1-4H3,(H,26,31)(H,27,30). The van der Waals surface area contributed by atoms with Crippen molar-refractivity contribution in [1.29, 1.82) is 0 Å². The molecule has 2 heterocycles. The Bertz CT molecular complexity index is 979. The molecule has 1 aliphatic rings. The zero-order chi connectivity index (χ0) is 24.7. The highest BCUT2D eigenvalue weighted by Gasteiger charge is 2.29. The molecule has 0 unspecified atom stereocenters. The van der Waals surface area contributed by atoms with Crippen LogP contribution in [-0.4, -0.2) is 66.0 Å². The normalized spacial score (nSPS) is 14.7. The Morgan fingerprint density at radius 3 is 2.53 bits per heavy atom. The first-order valence-corrected chi connectivity index (χ1v) is 12.4. The predicted molar refractivity (Wildman–Crippen MR) is 134 cm³/mol. The maximum absolute atomic E-state index is 12.6. The molecule has 1 saturated heterocycles. The maximum Gasteiger partial charge on any atom is 0.410 e. The molecule has 0 spiro atoms. The molecule has 3 amide bonds. The van der Waals surface area contributed by atoms with Gasteiger partial charge in [-0.05, 0) is 70.3 Å². The van der Waals surface area contributed by atoms with E-state index >= 15 is 0 Å². The van der Waals surface area contributed by atoms with Crippen LogP contribution in [0.5, 0.6) is 0 Å². The molecule has 0 saturated carbocycles. The zero-order valence-electron chi connectivity index (χ0n) is 20.3. The Kier molecular flexibility index (Phi) is 8.68. The van der Waals surface area contributed by atoms with Gasteiger partial charge in [0.15, 0.2) is 0 Å². The van der Waals surface area contributed by atoms with Crippen LogP contribution < -0.4 is 10.6 Å². The molecule has 8 nitrogen and oxygen atoms in total. The molecule has 2 aromatic rings. The third kappa shape index (κ3) is 7.85. The SMILES string of the molecule is CN(CC(=O)Nc1cccc(C(=O)NCc2cccs2)c1)C1CCN(C(=O)OC(C)(C)C)CC1. The van der Waals surface area contributed by atoms with Crippen molar-refractivity contribution in [3.8, 4) is 0 Å². The number of carbonyl (C=O) groups excluding carboxylic acids is 3. The quantitative estimate of drug-likeness (QED) is 0.619. The maximum atomic E-state index is 12.6. The summed E-state index contributed by atoms with van der Waals surface area (Å²) in [5.74, 6) is -0.327. The van der Waals surface area contributed by atoms with E-state index in [-0.39, 0.29) is 30.5 Å². The number of nitrogens with zero attached hydrogens (tertiary/aromatic N) is 2. The first-order chi connectivity index (χ1) is 16.1. The summed E-state index contributed by atoms with van der Waals surface area (Å²) in [6.07, 6.45) is 1.27. The lowest BCUT2D eigenvalue weighted by Crippen LogP contribution is -2.48. The molecular formula is C25H34N4O4S. The number of thiophene rings is 1. The Labute approximate surface area is 205 Å². The van der Waals surface area contributed by atoms with E-state index in [1.165, 1.54) is 0 Å². The number of likely N-dealkylation sites (tertiary alicyclic amines) is 1. The number of anilines is 1. The second-order valence-corrected chi connectivity index (χ2v) is 10.5. The van der Waals surface area contributed by atoms with E-state index in [4.69, 9.17) is 4.74 Å². The number of hydrogen-bond acceptors (Lipinski definition) is 6. The number of likely N-dealkylation sites (N-methyl/N-ethyl adjacent to an activating group) is 1. The lowest BCUT2D eigenvalue weighted by atomic mass is 10.0. The van der Waals surface area contributed by atoms with Gasteiger partial charge in [-0.1, -0.05) is 12.1 Å². The van der Waals surface area contributed by atoms with Crippen LogP contribution in [0.3, 0.4) is 0 Å². The molecule has 1 aliphatic heterocycles. The smallest absolute Gasteiger partial charge is 0.410 e. The van der Waals surface area contributed by atoms with Crippen molar-refractivity contribution in [3.63, 3.8) is 0 Å². The highest BCUT2D eigenvalue weighted by atomic mass is 32.1. The minimum atomic E-state index is -0.509. The summed E-state index contributed by atoms with van der Waals surface area (Å²) in [7, 11) is 1.92. The monoisotopic (exact) mass is 486 g/mol. The number of ether oxygens (including phenoxy) is 1. The van der Waals surface area contributed by atoms with Gasteiger partial charge >= 0.3 is 6.09 Å². The number of nitrogens with one attached hydrogen (secondary N) is 2. The number of carbonyl (C=O) groups is 3. The van der Waals surface area contributed by atoms with Gasteiger partial charge in [0, 0.05) is 35.3 Å². The summed E-state index contributed by atoms with van der Waals surface area (Å²) in [5, 5.41) is 7.75. The number of piperidine rings is 1. The molecule has 0 atom stereocenters. The molecule has 9 heteroatoms. The van der Waals surface area contributed by atoms with Crippen LogP contribution in [0.2, 0.25) is 0 Å². The fraction of sp³-hybridized carbons (Fsp3) is 0.480. The Morgan fingerprint density at radius 2 is 1.88 bits per heavy atom. The van der Waals surface area contributed by atoms with Gasteiger partial charge in [0.1, 0.15) is 5.60 Å². The average Bonchev–Trinajstić information content (AvgIpc) is 3.30. The van der Waals surface area contributed by atoms with E-state index in [1.807, 2.05) is 50.2 Å². The van der Waals surface area contributed by atoms with Crippen molar-refractivity contribution >= 4 is 34.9 Å². The van der Waals surface area contributed by atoms with Gasteiger partial charge < -0.3 is 20.3 Å². The fourth-order valence-corrected chi connectivity index (χ4v) is 4.44. The molecule has 0 radical (unpaired) electrons. The second kappa shape index (κ2) is 11.5. The van der Waals surface area contributed by atoms with Gasteiger partial charge in [0.2, 0.25) is 5.91 Å². The third-order valence-corrected chi connectivity index (χ3v) is 6.42. The Hall–Kier alpha value is -2.91. The van der Waals surface area contributed by atoms with Gasteiger partial charge in [0.25, 0.3) is 5.91 Å². The summed E-state index contributed by atoms with van der Waals surface area (Å²) < 4.78 is 5.45. The molecule has 1 aromatic heterocycles. The van der Waals surface area contributed by atoms with Crippen LogP contribution in [-0.2, 0) is 16.1 Å². The third-order valence-electron chi connectivity index (χ3n) is 5.54. The fourth-order valence-electron chi connectivity index (χ4n) is 3.79. The Morgan fingerprint density at radius 1 is 1.15 bits per heavy atom. The zero-order valence-corrected chi connectivity index (χ0v) is 21.1.